The highest BCUT2D eigenvalue weighted by Crippen LogP contribution is 2.33. The zero-order valence-corrected chi connectivity index (χ0v) is 18.7. The molecule has 0 radical (unpaired) electrons. The summed E-state index contributed by atoms with van der Waals surface area (Å²) in [6, 6.07) is 3.58. The molecule has 0 bridgehead atoms. The van der Waals surface area contributed by atoms with Gasteiger partial charge in [-0.25, -0.2) is 9.97 Å². The molecule has 0 aliphatic heterocycles. The first-order chi connectivity index (χ1) is 14.0. The number of halogens is 3. The lowest BCUT2D eigenvalue weighted by Gasteiger charge is -2.29. The van der Waals surface area contributed by atoms with Crippen LogP contribution in [0.2, 0.25) is 0 Å². The number of pyridine rings is 1. The molecule has 3 heterocycles. The monoisotopic (exact) mass is 456 g/mol. The van der Waals surface area contributed by atoms with Gasteiger partial charge in [0.15, 0.2) is 0 Å². The van der Waals surface area contributed by atoms with E-state index in [0.717, 1.165) is 40.8 Å². The van der Waals surface area contributed by atoms with Crippen molar-refractivity contribution in [2.75, 3.05) is 0 Å². The van der Waals surface area contributed by atoms with Gasteiger partial charge in [0.1, 0.15) is 16.7 Å². The lowest BCUT2D eigenvalue weighted by atomic mass is 10.0. The third-order valence-corrected chi connectivity index (χ3v) is 6.82. The van der Waals surface area contributed by atoms with Crippen LogP contribution in [0.25, 0.3) is 10.6 Å². The van der Waals surface area contributed by atoms with E-state index in [1.54, 1.807) is 19.2 Å². The number of aromatic nitrogens is 3. The fraction of sp³-hybridized carbons (Fsp3) is 0.450. The Morgan fingerprint density at radius 2 is 1.93 bits per heavy atom. The van der Waals surface area contributed by atoms with Gasteiger partial charge >= 0.3 is 6.18 Å². The summed E-state index contributed by atoms with van der Waals surface area (Å²) < 4.78 is 38.8. The number of rotatable bonds is 7. The van der Waals surface area contributed by atoms with Crippen molar-refractivity contribution < 1.29 is 18.3 Å². The molecule has 30 heavy (non-hydrogen) atoms. The molecule has 3 aromatic heterocycles. The predicted octanol–water partition coefficient (Wildman–Crippen LogP) is 5.04. The fourth-order valence-electron chi connectivity index (χ4n) is 2.57. The van der Waals surface area contributed by atoms with E-state index in [0.29, 0.717) is 17.0 Å². The molecule has 5 nitrogen and oxygen atoms in total. The molecular formula is C20H23F3N4OS2. The van der Waals surface area contributed by atoms with Gasteiger partial charge in [0, 0.05) is 30.2 Å². The Hall–Kier alpha value is -1.88. The van der Waals surface area contributed by atoms with Gasteiger partial charge in [-0.2, -0.15) is 13.2 Å². The zero-order chi connectivity index (χ0) is 22.1. The van der Waals surface area contributed by atoms with Crippen molar-refractivity contribution in [2.24, 2.45) is 0 Å². The van der Waals surface area contributed by atoms with Gasteiger partial charge in [-0.05, 0) is 39.3 Å². The highest BCUT2D eigenvalue weighted by Gasteiger charge is 2.46. The Balaban J connectivity index is 1.64. The Morgan fingerprint density at radius 3 is 2.50 bits per heavy atom. The van der Waals surface area contributed by atoms with Crippen LogP contribution in [0.4, 0.5) is 13.2 Å². The van der Waals surface area contributed by atoms with Gasteiger partial charge in [-0.3, -0.25) is 10.3 Å². The van der Waals surface area contributed by atoms with E-state index in [9.17, 15) is 18.3 Å². The van der Waals surface area contributed by atoms with Crippen molar-refractivity contribution in [1.82, 2.24) is 20.3 Å². The van der Waals surface area contributed by atoms with Crippen molar-refractivity contribution in [3.8, 4) is 10.6 Å². The molecule has 1 atom stereocenters. The Morgan fingerprint density at radius 1 is 1.20 bits per heavy atom. The maximum absolute atomic E-state index is 12.9. The first-order valence-electron chi connectivity index (χ1n) is 9.32. The van der Waals surface area contributed by atoms with Gasteiger partial charge in [0.25, 0.3) is 0 Å². The molecule has 0 saturated heterocycles. The summed E-state index contributed by atoms with van der Waals surface area (Å²) in [5.74, 6) is 0. The summed E-state index contributed by atoms with van der Waals surface area (Å²) in [6.07, 6.45) is -2.81. The van der Waals surface area contributed by atoms with Gasteiger partial charge in [-0.15, -0.1) is 22.7 Å². The summed E-state index contributed by atoms with van der Waals surface area (Å²) >= 11 is 2.95. The largest absolute Gasteiger partial charge is 0.406 e. The van der Waals surface area contributed by atoms with E-state index in [-0.39, 0.29) is 6.54 Å². The van der Waals surface area contributed by atoms with Crippen LogP contribution in [0.3, 0.4) is 0 Å². The molecule has 3 aromatic rings. The molecule has 0 unspecified atom stereocenters. The molecule has 0 spiro atoms. The van der Waals surface area contributed by atoms with Crippen LogP contribution in [0, 0.1) is 6.92 Å². The third-order valence-electron chi connectivity index (χ3n) is 4.62. The second-order valence-electron chi connectivity index (χ2n) is 7.58. The van der Waals surface area contributed by atoms with Crippen molar-refractivity contribution in [2.45, 2.75) is 58.5 Å². The van der Waals surface area contributed by atoms with E-state index < -0.39 is 17.8 Å². The fourth-order valence-corrected chi connectivity index (χ4v) is 4.41. The standard InChI is InChI=1S/C20H23F3N4OS2/c1-11-17(30-18(26-11)12(2)28)15-10-29-16(27-15)7-14-6-5-13(8-24-14)9-25-19(3,4)20(21,22)23/h5-6,8,10,12,25,28H,7,9H2,1-4H3/t12-/m0/s1. The molecule has 2 N–H and O–H groups in total. The SMILES string of the molecule is Cc1nc([C@H](C)O)sc1-c1csc(Cc2ccc(CNC(C)(C)C(F)(F)F)cn2)n1. The maximum Gasteiger partial charge on any atom is 0.406 e. The van der Waals surface area contributed by atoms with Crippen LogP contribution in [-0.2, 0) is 13.0 Å². The molecule has 0 amide bonds. The summed E-state index contributed by atoms with van der Waals surface area (Å²) in [5, 5.41) is 15.7. The summed E-state index contributed by atoms with van der Waals surface area (Å²) in [7, 11) is 0. The van der Waals surface area contributed by atoms with Gasteiger partial charge in [0.2, 0.25) is 0 Å². The summed E-state index contributed by atoms with van der Waals surface area (Å²) in [4.78, 5) is 14.3. The highest BCUT2D eigenvalue weighted by atomic mass is 32.1. The molecule has 0 saturated carbocycles. The number of aliphatic hydroxyl groups excluding tert-OH is 1. The second-order valence-corrected chi connectivity index (χ2v) is 9.55. The van der Waals surface area contributed by atoms with Gasteiger partial charge < -0.3 is 5.11 Å². The van der Waals surface area contributed by atoms with Crippen molar-refractivity contribution in [3.63, 3.8) is 0 Å². The third kappa shape index (κ3) is 5.23. The number of thiazole rings is 2. The van der Waals surface area contributed by atoms with Crippen molar-refractivity contribution >= 4 is 22.7 Å². The normalized spacial score (nSPS) is 13.6. The molecule has 0 aromatic carbocycles. The van der Waals surface area contributed by atoms with Crippen LogP contribution in [0.5, 0.6) is 0 Å². The minimum atomic E-state index is -4.32. The molecule has 0 fully saturated rings. The smallest absolute Gasteiger partial charge is 0.386 e. The van der Waals surface area contributed by atoms with Crippen LogP contribution in [0.15, 0.2) is 23.7 Å². The predicted molar refractivity (Wildman–Crippen MR) is 113 cm³/mol. The lowest BCUT2D eigenvalue weighted by Crippen LogP contribution is -2.51. The van der Waals surface area contributed by atoms with Gasteiger partial charge in [0.05, 0.1) is 21.3 Å². The second kappa shape index (κ2) is 8.70. The zero-order valence-electron chi connectivity index (χ0n) is 17.0. The summed E-state index contributed by atoms with van der Waals surface area (Å²) in [6.45, 7) is 5.89. The van der Waals surface area contributed by atoms with Crippen LogP contribution < -0.4 is 5.32 Å². The lowest BCUT2D eigenvalue weighted by molar-refractivity contribution is -0.186. The topological polar surface area (TPSA) is 70.9 Å². The highest BCUT2D eigenvalue weighted by molar-refractivity contribution is 7.16. The van der Waals surface area contributed by atoms with Crippen LogP contribution >= 0.6 is 22.7 Å². The molecule has 162 valence electrons. The number of alkyl halides is 3. The van der Waals surface area contributed by atoms with Gasteiger partial charge in [-0.1, -0.05) is 6.07 Å². The first kappa shape index (κ1) is 22.8. The maximum atomic E-state index is 12.9. The minimum absolute atomic E-state index is 0.0808. The van der Waals surface area contributed by atoms with Crippen molar-refractivity contribution in [3.05, 3.63) is 50.7 Å². The Kier molecular flexibility index (Phi) is 6.61. The first-order valence-corrected chi connectivity index (χ1v) is 11.0. The number of nitrogens with zero attached hydrogens (tertiary/aromatic N) is 3. The quantitative estimate of drug-likeness (QED) is 0.521. The Labute approximate surface area is 181 Å². The number of hydrogen-bond donors (Lipinski definition) is 2. The van der Waals surface area contributed by atoms with Crippen LogP contribution in [-0.4, -0.2) is 31.8 Å². The van der Waals surface area contributed by atoms with E-state index in [2.05, 4.69) is 20.3 Å². The molecule has 0 aliphatic carbocycles. The van der Waals surface area contributed by atoms with Crippen molar-refractivity contribution in [1.29, 1.82) is 0 Å². The summed E-state index contributed by atoms with van der Waals surface area (Å²) in [5.41, 5.74) is 1.17. The molecule has 3 rings (SSSR count). The number of aryl methyl sites for hydroxylation is 1. The Bertz CT molecular complexity index is 994. The minimum Gasteiger partial charge on any atom is -0.386 e. The molecular weight excluding hydrogens is 433 g/mol. The number of hydrogen-bond acceptors (Lipinski definition) is 7. The van der Waals surface area contributed by atoms with Crippen LogP contribution in [0.1, 0.15) is 53.8 Å². The molecule has 10 heteroatoms. The van der Waals surface area contributed by atoms with E-state index in [4.69, 9.17) is 0 Å². The number of nitrogens with one attached hydrogen (secondary N) is 1. The van der Waals surface area contributed by atoms with E-state index in [1.807, 2.05) is 18.4 Å². The average molecular weight is 457 g/mol. The number of aliphatic hydroxyl groups is 1. The van der Waals surface area contributed by atoms with E-state index >= 15 is 0 Å². The average Bonchev–Trinajstić information content (AvgIpc) is 3.26. The van der Waals surface area contributed by atoms with E-state index in [1.165, 1.54) is 22.7 Å². The molecule has 0 aliphatic rings.